The fourth-order valence-electron chi connectivity index (χ4n) is 8.26. The topological polar surface area (TPSA) is 26.3 Å². The summed E-state index contributed by atoms with van der Waals surface area (Å²) in [6, 6.07) is 9.56. The van der Waals surface area contributed by atoms with Crippen LogP contribution in [0.2, 0.25) is 5.02 Å². The zero-order valence-electron chi connectivity index (χ0n) is 24.4. The minimum Gasteiger partial charge on any atom is -0.458 e. The zero-order chi connectivity index (χ0) is 27.2. The minimum atomic E-state index is -0.239. The van der Waals surface area contributed by atoms with Crippen molar-refractivity contribution in [1.82, 2.24) is 0 Å². The molecule has 0 heterocycles. The van der Waals surface area contributed by atoms with Crippen molar-refractivity contribution in [2.45, 2.75) is 111 Å². The smallest absolute Gasteiger partial charge is 0.338 e. The number of benzene rings is 2. The lowest BCUT2D eigenvalue weighted by Gasteiger charge is -2.45. The largest absolute Gasteiger partial charge is 0.458 e. The van der Waals surface area contributed by atoms with Crippen LogP contribution in [0.1, 0.15) is 117 Å². The maximum atomic E-state index is 12.8. The van der Waals surface area contributed by atoms with Crippen LogP contribution in [0.5, 0.6) is 0 Å². The molecule has 1 saturated carbocycles. The Hall–Kier alpha value is -1.80. The number of fused-ring (bicyclic) bond motifs is 4. The Morgan fingerprint density at radius 2 is 1.76 bits per heavy atom. The summed E-state index contributed by atoms with van der Waals surface area (Å²) in [5.41, 5.74) is 8.73. The number of ether oxygens (including phenoxy) is 1. The van der Waals surface area contributed by atoms with Crippen molar-refractivity contribution >= 4 is 17.6 Å². The van der Waals surface area contributed by atoms with E-state index in [1.54, 1.807) is 35.4 Å². The Morgan fingerprint density at radius 3 is 2.47 bits per heavy atom. The summed E-state index contributed by atoms with van der Waals surface area (Å²) in [7, 11) is 0. The van der Waals surface area contributed by atoms with Crippen molar-refractivity contribution in [3.63, 3.8) is 0 Å². The number of halogens is 1. The fourth-order valence-corrected chi connectivity index (χ4v) is 8.38. The first-order valence-electron chi connectivity index (χ1n) is 15.2. The highest BCUT2D eigenvalue weighted by Crippen LogP contribution is 2.61. The summed E-state index contributed by atoms with van der Waals surface area (Å²) in [6.45, 7) is 14.7. The molecule has 2 aromatic carbocycles. The van der Waals surface area contributed by atoms with Crippen molar-refractivity contribution < 1.29 is 9.53 Å². The van der Waals surface area contributed by atoms with E-state index in [0.29, 0.717) is 21.9 Å². The van der Waals surface area contributed by atoms with E-state index in [0.717, 1.165) is 42.9 Å². The van der Waals surface area contributed by atoms with E-state index in [2.05, 4.69) is 47.6 Å². The van der Waals surface area contributed by atoms with Crippen LogP contribution in [0.15, 0.2) is 30.3 Å². The third kappa shape index (κ3) is 5.19. The molecule has 2 aromatic rings. The molecule has 0 bridgehead atoms. The van der Waals surface area contributed by atoms with Crippen LogP contribution in [0.25, 0.3) is 0 Å². The van der Waals surface area contributed by atoms with Crippen LogP contribution in [0.3, 0.4) is 0 Å². The number of hydrogen-bond acceptors (Lipinski definition) is 2. The average Bonchev–Trinajstić information content (AvgIpc) is 3.25. The Balaban J connectivity index is 1.33. The van der Waals surface area contributed by atoms with Gasteiger partial charge in [-0.05, 0) is 133 Å². The predicted molar refractivity (Wildman–Crippen MR) is 158 cm³/mol. The molecule has 5 rings (SSSR count). The molecule has 0 spiro atoms. The lowest BCUT2D eigenvalue weighted by atomic mass is 9.59. The van der Waals surface area contributed by atoms with E-state index in [1.807, 2.05) is 0 Å². The van der Waals surface area contributed by atoms with Crippen molar-refractivity contribution in [3.05, 3.63) is 68.7 Å². The Labute approximate surface area is 235 Å². The molecule has 0 aliphatic heterocycles. The van der Waals surface area contributed by atoms with Crippen LogP contribution in [0, 0.1) is 36.0 Å². The van der Waals surface area contributed by atoms with Gasteiger partial charge < -0.3 is 4.74 Å². The van der Waals surface area contributed by atoms with E-state index >= 15 is 0 Å². The fraction of sp³-hybridized carbons (Fsp3) is 0.629. The van der Waals surface area contributed by atoms with Gasteiger partial charge in [0.05, 0.1) is 5.56 Å². The summed E-state index contributed by atoms with van der Waals surface area (Å²) in [6.07, 6.45) is 10.7. The molecule has 3 heteroatoms. The van der Waals surface area contributed by atoms with Gasteiger partial charge in [0.15, 0.2) is 0 Å². The third-order valence-electron chi connectivity index (χ3n) is 11.1. The first-order valence-corrected chi connectivity index (χ1v) is 15.6. The van der Waals surface area contributed by atoms with Gasteiger partial charge in [-0.25, -0.2) is 4.79 Å². The van der Waals surface area contributed by atoms with E-state index in [1.165, 1.54) is 55.2 Å². The summed E-state index contributed by atoms with van der Waals surface area (Å²) in [4.78, 5) is 12.8. The minimum absolute atomic E-state index is 0.0580. The highest BCUT2D eigenvalue weighted by atomic mass is 35.5. The number of rotatable bonds is 7. The Bertz CT molecular complexity index is 1170. The number of hydrogen-bond donors (Lipinski definition) is 0. The van der Waals surface area contributed by atoms with Crippen molar-refractivity contribution in [2.75, 3.05) is 0 Å². The SMILES string of the molecule is Cc1c2c(cc3c1CC[C@]1(C)[C@@H]([C@H](C)CC[C@H](C)C(C)C)CC[C@@H]31)CC(OC(=O)c1ccc(Cl)cc1)CC2. The van der Waals surface area contributed by atoms with Crippen molar-refractivity contribution in [1.29, 1.82) is 0 Å². The van der Waals surface area contributed by atoms with Crippen LogP contribution >= 0.6 is 11.6 Å². The number of carbonyl (C=O) groups is 1. The monoisotopic (exact) mass is 534 g/mol. The van der Waals surface area contributed by atoms with Crippen LogP contribution < -0.4 is 0 Å². The van der Waals surface area contributed by atoms with Gasteiger partial charge in [0, 0.05) is 11.4 Å². The molecule has 6 atom stereocenters. The summed E-state index contributed by atoms with van der Waals surface area (Å²) in [5.74, 6) is 3.64. The maximum absolute atomic E-state index is 12.8. The van der Waals surface area contributed by atoms with E-state index in [9.17, 15) is 4.79 Å². The van der Waals surface area contributed by atoms with E-state index in [-0.39, 0.29) is 12.1 Å². The molecule has 38 heavy (non-hydrogen) atoms. The van der Waals surface area contributed by atoms with Gasteiger partial charge in [0.2, 0.25) is 0 Å². The molecular formula is C35H47ClO2. The quantitative estimate of drug-likeness (QED) is 0.330. The average molecular weight is 535 g/mol. The summed E-state index contributed by atoms with van der Waals surface area (Å²) >= 11 is 6.00. The lowest BCUT2D eigenvalue weighted by Crippen LogP contribution is -2.36. The van der Waals surface area contributed by atoms with E-state index < -0.39 is 0 Å². The Kier molecular flexibility index (Phi) is 8.03. The molecule has 1 unspecified atom stereocenters. The molecule has 3 aliphatic carbocycles. The second-order valence-electron chi connectivity index (χ2n) is 13.5. The molecule has 2 nitrogen and oxygen atoms in total. The normalized spacial score (nSPS) is 27.8. The summed E-state index contributed by atoms with van der Waals surface area (Å²) in [5, 5.41) is 0.633. The molecule has 206 valence electrons. The second kappa shape index (κ2) is 11.0. The molecule has 0 N–H and O–H groups in total. The van der Waals surface area contributed by atoms with Gasteiger partial charge in [-0.1, -0.05) is 65.1 Å². The van der Waals surface area contributed by atoms with Gasteiger partial charge in [-0.2, -0.15) is 0 Å². The first kappa shape index (κ1) is 27.8. The Morgan fingerprint density at radius 1 is 1.03 bits per heavy atom. The van der Waals surface area contributed by atoms with Gasteiger partial charge >= 0.3 is 5.97 Å². The summed E-state index contributed by atoms with van der Waals surface area (Å²) < 4.78 is 5.99. The van der Waals surface area contributed by atoms with Crippen molar-refractivity contribution in [2.24, 2.45) is 29.1 Å². The molecular weight excluding hydrogens is 488 g/mol. The molecule has 0 radical (unpaired) electrons. The van der Waals surface area contributed by atoms with Crippen LogP contribution in [-0.4, -0.2) is 12.1 Å². The first-order chi connectivity index (χ1) is 18.1. The van der Waals surface area contributed by atoms with Crippen LogP contribution in [-0.2, 0) is 24.0 Å². The second-order valence-corrected chi connectivity index (χ2v) is 13.9. The van der Waals surface area contributed by atoms with Gasteiger partial charge in [-0.3, -0.25) is 0 Å². The zero-order valence-corrected chi connectivity index (χ0v) is 25.2. The lowest BCUT2D eigenvalue weighted by molar-refractivity contribution is 0.0270. The molecule has 0 amide bonds. The van der Waals surface area contributed by atoms with Gasteiger partial charge in [0.25, 0.3) is 0 Å². The highest BCUT2D eigenvalue weighted by molar-refractivity contribution is 6.30. The van der Waals surface area contributed by atoms with Crippen LogP contribution in [0.4, 0.5) is 0 Å². The standard InChI is InChI=1S/C35H47ClO2/c1-21(2)22(3)7-8-23(4)32-15-16-33-31-20-26-19-28(38-34(37)25-9-11-27(36)12-10-25)13-14-29(26)24(5)30(31)17-18-35(32,33)6/h9-12,20-23,28,32-33H,7-8,13-19H2,1-6H3/t22-,23+,28?,32+,33-,35+/m0/s1. The molecule has 0 aromatic heterocycles. The highest BCUT2D eigenvalue weighted by Gasteiger charge is 2.51. The maximum Gasteiger partial charge on any atom is 0.338 e. The predicted octanol–water partition coefficient (Wildman–Crippen LogP) is 9.52. The van der Waals surface area contributed by atoms with Gasteiger partial charge in [-0.15, -0.1) is 0 Å². The third-order valence-corrected chi connectivity index (χ3v) is 11.3. The molecule has 1 fully saturated rings. The number of esters is 1. The van der Waals surface area contributed by atoms with Gasteiger partial charge in [0.1, 0.15) is 6.10 Å². The van der Waals surface area contributed by atoms with Crippen molar-refractivity contribution in [3.8, 4) is 0 Å². The number of carbonyl (C=O) groups excluding carboxylic acids is 1. The molecule has 3 aliphatic rings. The van der Waals surface area contributed by atoms with E-state index in [4.69, 9.17) is 16.3 Å². The molecule has 0 saturated heterocycles.